The van der Waals surface area contributed by atoms with Gasteiger partial charge in [0.15, 0.2) is 0 Å². The van der Waals surface area contributed by atoms with Gasteiger partial charge >= 0.3 is 0 Å². The maximum atomic E-state index is 12.7. The number of nitro groups is 1. The Morgan fingerprint density at radius 3 is 2.51 bits per heavy atom. The minimum absolute atomic E-state index is 0.0430. The lowest BCUT2D eigenvalue weighted by Crippen LogP contribution is -2.32. The van der Waals surface area contributed by atoms with Crippen LogP contribution in [0.2, 0.25) is 0 Å². The molecule has 0 aliphatic rings. The van der Waals surface area contributed by atoms with E-state index < -0.39 is 16.9 Å². The van der Waals surface area contributed by atoms with Crippen LogP contribution in [-0.4, -0.2) is 37.7 Å². The van der Waals surface area contributed by atoms with E-state index in [2.05, 4.69) is 48.4 Å². The minimum atomic E-state index is -0.548. The topological polar surface area (TPSA) is 143 Å². The lowest BCUT2D eigenvalue weighted by molar-refractivity contribution is -0.384. The van der Waals surface area contributed by atoms with E-state index in [0.717, 1.165) is 20.4 Å². The third-order valence-corrected chi connectivity index (χ3v) is 6.61. The lowest BCUT2D eigenvalue weighted by Gasteiger charge is -2.19. The van der Waals surface area contributed by atoms with Crippen molar-refractivity contribution < 1.29 is 14.5 Å². The number of thioether (sulfide) groups is 1. The molecule has 0 fully saturated rings. The van der Waals surface area contributed by atoms with Crippen LogP contribution in [0, 0.1) is 33.4 Å². The predicted octanol–water partition coefficient (Wildman–Crippen LogP) is 4.79. The van der Waals surface area contributed by atoms with Crippen LogP contribution in [0.15, 0.2) is 41.6 Å². The summed E-state index contributed by atoms with van der Waals surface area (Å²) in [6, 6.07) is 9.03. The molecular weight excluding hydrogens is 583 g/mol. The SMILES string of the molecule is Cc1cc(I)cc(C)c1NC(=O)CSc1n[nH]c([C@H](NC(=O)c2cccc([N+](=O)[O-])c2)C(C)C)n1. The summed E-state index contributed by atoms with van der Waals surface area (Å²) in [5.74, 6) is -0.118. The monoisotopic (exact) mass is 608 g/mol. The van der Waals surface area contributed by atoms with Crippen LogP contribution in [0.5, 0.6) is 0 Å². The molecule has 0 aliphatic heterocycles. The number of nitrogens with one attached hydrogen (secondary N) is 3. The van der Waals surface area contributed by atoms with Gasteiger partial charge in [0.1, 0.15) is 5.82 Å². The molecule has 3 N–H and O–H groups in total. The van der Waals surface area contributed by atoms with Crippen molar-refractivity contribution in [2.75, 3.05) is 11.1 Å². The highest BCUT2D eigenvalue weighted by Gasteiger charge is 2.24. The number of H-pyrrole nitrogens is 1. The molecule has 10 nitrogen and oxygen atoms in total. The largest absolute Gasteiger partial charge is 0.342 e. The summed E-state index contributed by atoms with van der Waals surface area (Å²) in [6.07, 6.45) is 0. The van der Waals surface area contributed by atoms with Gasteiger partial charge in [0, 0.05) is 27.0 Å². The van der Waals surface area contributed by atoms with Gasteiger partial charge in [-0.1, -0.05) is 31.7 Å². The Hall–Kier alpha value is -3.00. The van der Waals surface area contributed by atoms with Crippen molar-refractivity contribution >= 4 is 57.5 Å². The van der Waals surface area contributed by atoms with Gasteiger partial charge in [-0.05, 0) is 71.7 Å². The smallest absolute Gasteiger partial charge is 0.270 e. The van der Waals surface area contributed by atoms with E-state index in [1.807, 2.05) is 39.8 Å². The van der Waals surface area contributed by atoms with E-state index >= 15 is 0 Å². The molecule has 0 aliphatic carbocycles. The number of nitrogens with zero attached hydrogens (tertiary/aromatic N) is 3. The first-order valence-electron chi connectivity index (χ1n) is 10.7. The normalized spacial score (nSPS) is 11.8. The molecule has 35 heavy (non-hydrogen) atoms. The second kappa shape index (κ2) is 11.6. The number of non-ortho nitro benzene ring substituents is 1. The van der Waals surface area contributed by atoms with Crippen molar-refractivity contribution in [3.8, 4) is 0 Å². The van der Waals surface area contributed by atoms with Gasteiger partial charge in [-0.15, -0.1) is 5.10 Å². The van der Waals surface area contributed by atoms with Gasteiger partial charge in [0.2, 0.25) is 11.1 Å². The lowest BCUT2D eigenvalue weighted by atomic mass is 10.0. The van der Waals surface area contributed by atoms with Crippen LogP contribution >= 0.6 is 34.4 Å². The zero-order valence-electron chi connectivity index (χ0n) is 19.6. The molecule has 0 radical (unpaired) electrons. The molecule has 12 heteroatoms. The quantitative estimate of drug-likeness (QED) is 0.137. The van der Waals surface area contributed by atoms with Crippen LogP contribution in [-0.2, 0) is 4.79 Å². The number of rotatable bonds is 9. The molecular formula is C23H25IN6O4S. The molecule has 1 atom stereocenters. The van der Waals surface area contributed by atoms with E-state index in [0.29, 0.717) is 11.0 Å². The van der Waals surface area contributed by atoms with Gasteiger partial charge in [0.25, 0.3) is 11.6 Å². The summed E-state index contributed by atoms with van der Waals surface area (Å²) in [6.45, 7) is 7.72. The number of aromatic nitrogens is 3. The van der Waals surface area contributed by atoms with Crippen molar-refractivity contribution in [2.45, 2.75) is 38.9 Å². The van der Waals surface area contributed by atoms with E-state index in [1.165, 1.54) is 36.0 Å². The third-order valence-electron chi connectivity index (χ3n) is 5.14. The van der Waals surface area contributed by atoms with E-state index in [1.54, 1.807) is 0 Å². The van der Waals surface area contributed by atoms with Gasteiger partial charge in [0.05, 0.1) is 16.7 Å². The zero-order chi connectivity index (χ0) is 25.7. The van der Waals surface area contributed by atoms with Crippen molar-refractivity contribution in [3.63, 3.8) is 0 Å². The highest BCUT2D eigenvalue weighted by Crippen LogP contribution is 2.25. The summed E-state index contributed by atoms with van der Waals surface area (Å²) in [7, 11) is 0. The number of carbonyl (C=O) groups is 2. The molecule has 0 unspecified atom stereocenters. The number of anilines is 1. The Bertz CT molecular complexity index is 1240. The maximum absolute atomic E-state index is 12.7. The molecule has 1 aromatic heterocycles. The molecule has 2 amide bonds. The molecule has 1 heterocycles. The fourth-order valence-corrected chi connectivity index (χ4v) is 4.95. The molecule has 184 valence electrons. The van der Waals surface area contributed by atoms with Gasteiger partial charge < -0.3 is 10.6 Å². The van der Waals surface area contributed by atoms with Crippen molar-refractivity contribution in [1.29, 1.82) is 0 Å². The summed E-state index contributed by atoms with van der Waals surface area (Å²) in [5, 5.41) is 24.2. The van der Waals surface area contributed by atoms with E-state index in [9.17, 15) is 19.7 Å². The van der Waals surface area contributed by atoms with Crippen molar-refractivity contribution in [2.24, 2.45) is 5.92 Å². The number of carbonyl (C=O) groups excluding carboxylic acids is 2. The average Bonchev–Trinajstić information content (AvgIpc) is 3.26. The number of halogens is 1. The molecule has 0 saturated heterocycles. The first-order valence-corrected chi connectivity index (χ1v) is 12.8. The highest BCUT2D eigenvalue weighted by atomic mass is 127. The summed E-state index contributed by atoms with van der Waals surface area (Å²) in [5.41, 5.74) is 2.80. The number of nitro benzene ring substituents is 1. The molecule has 0 spiro atoms. The summed E-state index contributed by atoms with van der Waals surface area (Å²) >= 11 is 3.42. The predicted molar refractivity (Wildman–Crippen MR) is 143 cm³/mol. The van der Waals surface area contributed by atoms with Crippen molar-refractivity contribution in [1.82, 2.24) is 20.5 Å². The second-order valence-corrected chi connectivity index (χ2v) is 10.4. The minimum Gasteiger partial charge on any atom is -0.342 e. The third kappa shape index (κ3) is 7.01. The van der Waals surface area contributed by atoms with E-state index in [-0.39, 0.29) is 28.8 Å². The van der Waals surface area contributed by atoms with Gasteiger partial charge in [-0.2, -0.15) is 0 Å². The molecule has 3 rings (SSSR count). The van der Waals surface area contributed by atoms with Crippen LogP contribution < -0.4 is 10.6 Å². The Labute approximate surface area is 220 Å². The summed E-state index contributed by atoms with van der Waals surface area (Å²) in [4.78, 5) is 40.1. The average molecular weight is 608 g/mol. The number of hydrogen-bond acceptors (Lipinski definition) is 7. The number of aryl methyl sites for hydroxylation is 2. The molecule has 0 saturated carbocycles. The number of benzene rings is 2. The van der Waals surface area contributed by atoms with Crippen LogP contribution in [0.1, 0.15) is 47.2 Å². The Kier molecular flexibility index (Phi) is 8.83. The van der Waals surface area contributed by atoms with E-state index in [4.69, 9.17) is 0 Å². The maximum Gasteiger partial charge on any atom is 0.270 e. The fourth-order valence-electron chi connectivity index (χ4n) is 3.41. The second-order valence-electron chi connectivity index (χ2n) is 8.26. The first kappa shape index (κ1) is 26.6. The summed E-state index contributed by atoms with van der Waals surface area (Å²) < 4.78 is 1.11. The molecule has 0 bridgehead atoms. The van der Waals surface area contributed by atoms with Crippen LogP contribution in [0.3, 0.4) is 0 Å². The Morgan fingerprint density at radius 1 is 1.20 bits per heavy atom. The van der Waals surface area contributed by atoms with Crippen molar-refractivity contribution in [3.05, 3.63) is 72.6 Å². The van der Waals surface area contributed by atoms with Crippen LogP contribution in [0.4, 0.5) is 11.4 Å². The Balaban J connectivity index is 1.64. The number of aromatic amines is 1. The molecule has 2 aromatic carbocycles. The standard InChI is InChI=1S/C23H25IN6O4S/c1-12(2)19(26-22(32)15-6-5-7-17(10-15)30(33)34)21-27-23(29-28-21)35-11-18(31)25-20-13(3)8-16(24)9-14(20)4/h5-10,12,19H,11H2,1-4H3,(H,25,31)(H,26,32)(H,27,28,29)/t19-/m1/s1. The first-order chi connectivity index (χ1) is 16.5. The van der Waals surface area contributed by atoms with Gasteiger partial charge in [-0.3, -0.25) is 24.8 Å². The highest BCUT2D eigenvalue weighted by molar-refractivity contribution is 14.1. The molecule has 3 aromatic rings. The zero-order valence-corrected chi connectivity index (χ0v) is 22.6. The number of hydrogen-bond donors (Lipinski definition) is 3. The van der Waals surface area contributed by atoms with Gasteiger partial charge in [-0.25, -0.2) is 4.98 Å². The Morgan fingerprint density at radius 2 is 1.89 bits per heavy atom. The number of amides is 2. The fraction of sp³-hybridized carbons (Fsp3) is 0.304. The van der Waals surface area contributed by atoms with Crippen LogP contribution in [0.25, 0.3) is 0 Å².